The highest BCUT2D eigenvalue weighted by Gasteiger charge is 2.21. The van der Waals surface area contributed by atoms with E-state index >= 15 is 0 Å². The summed E-state index contributed by atoms with van der Waals surface area (Å²) in [7, 11) is 0. The van der Waals surface area contributed by atoms with E-state index in [1.54, 1.807) is 11.3 Å². The van der Waals surface area contributed by atoms with Gasteiger partial charge in [-0.15, -0.1) is 11.3 Å². The highest BCUT2D eigenvalue weighted by atomic mass is 35.5. The third kappa shape index (κ3) is 3.11. The second kappa shape index (κ2) is 5.53. The first-order chi connectivity index (χ1) is 9.20. The van der Waals surface area contributed by atoms with Crippen LogP contribution in [0.25, 0.3) is 0 Å². The maximum absolute atomic E-state index is 5.96. The fraction of sp³-hybridized carbons (Fsp3) is 0.462. The minimum absolute atomic E-state index is 0.487. The van der Waals surface area contributed by atoms with Gasteiger partial charge >= 0.3 is 0 Å². The van der Waals surface area contributed by atoms with Gasteiger partial charge in [0.25, 0.3) is 0 Å². The summed E-state index contributed by atoms with van der Waals surface area (Å²) in [6, 6.07) is 6.44. The fourth-order valence-corrected chi connectivity index (χ4v) is 3.69. The van der Waals surface area contributed by atoms with E-state index in [2.05, 4.69) is 16.1 Å². The van der Waals surface area contributed by atoms with E-state index in [0.29, 0.717) is 11.9 Å². The molecule has 102 valence electrons. The summed E-state index contributed by atoms with van der Waals surface area (Å²) in [5, 5.41) is 4.31. The highest BCUT2D eigenvalue weighted by Crippen LogP contribution is 2.26. The number of hydrogen-bond donors (Lipinski definition) is 1. The van der Waals surface area contributed by atoms with E-state index in [-0.39, 0.29) is 0 Å². The van der Waals surface area contributed by atoms with Gasteiger partial charge in [-0.05, 0) is 31.0 Å². The molecule has 3 heterocycles. The Balaban J connectivity index is 1.54. The number of thiophene rings is 1. The molecule has 1 aliphatic rings. The minimum Gasteiger partial charge on any atom is -0.382 e. The number of hydrogen-bond acceptors (Lipinski definition) is 4. The van der Waals surface area contributed by atoms with Gasteiger partial charge in [0.05, 0.1) is 10.4 Å². The normalized spacial score (nSPS) is 17.9. The zero-order valence-electron chi connectivity index (χ0n) is 10.6. The predicted molar refractivity (Wildman–Crippen MR) is 79.5 cm³/mol. The largest absolute Gasteiger partial charge is 0.382 e. The van der Waals surface area contributed by atoms with Gasteiger partial charge < -0.3 is 5.73 Å². The third-order valence-electron chi connectivity index (χ3n) is 3.57. The number of aromatic nitrogens is 2. The Morgan fingerprint density at radius 2 is 2.11 bits per heavy atom. The van der Waals surface area contributed by atoms with Crippen LogP contribution in [0.4, 0.5) is 5.82 Å². The molecular formula is C13H17ClN4S. The topological polar surface area (TPSA) is 47.1 Å². The Morgan fingerprint density at radius 1 is 1.32 bits per heavy atom. The van der Waals surface area contributed by atoms with Crippen LogP contribution in [0.1, 0.15) is 23.8 Å². The molecule has 4 nitrogen and oxygen atoms in total. The molecule has 2 aromatic rings. The summed E-state index contributed by atoms with van der Waals surface area (Å²) in [6.07, 6.45) is 4.23. The number of rotatable bonds is 3. The van der Waals surface area contributed by atoms with E-state index in [9.17, 15) is 0 Å². The van der Waals surface area contributed by atoms with Crippen molar-refractivity contribution in [2.45, 2.75) is 25.4 Å². The minimum atomic E-state index is 0.487. The van der Waals surface area contributed by atoms with E-state index in [1.807, 2.05) is 23.0 Å². The monoisotopic (exact) mass is 296 g/mol. The summed E-state index contributed by atoms with van der Waals surface area (Å²) in [6.45, 7) is 3.20. The first kappa shape index (κ1) is 13.0. The molecule has 0 radical (unpaired) electrons. The van der Waals surface area contributed by atoms with E-state index in [0.717, 1.165) is 36.8 Å². The van der Waals surface area contributed by atoms with E-state index in [1.165, 1.54) is 4.88 Å². The lowest BCUT2D eigenvalue weighted by Crippen LogP contribution is -2.34. The van der Waals surface area contributed by atoms with Crippen molar-refractivity contribution < 1.29 is 0 Å². The summed E-state index contributed by atoms with van der Waals surface area (Å²) >= 11 is 7.63. The van der Waals surface area contributed by atoms with Crippen LogP contribution in [-0.4, -0.2) is 27.8 Å². The van der Waals surface area contributed by atoms with Crippen molar-refractivity contribution >= 4 is 28.8 Å². The van der Waals surface area contributed by atoms with Gasteiger partial charge in [-0.1, -0.05) is 11.6 Å². The first-order valence-corrected chi connectivity index (χ1v) is 7.67. The molecule has 0 bridgehead atoms. The number of nitrogen functional groups attached to an aromatic ring is 1. The Hall–Kier alpha value is -1.04. The fourth-order valence-electron chi connectivity index (χ4n) is 2.56. The van der Waals surface area contributed by atoms with Crippen LogP contribution < -0.4 is 5.73 Å². The second-order valence-corrected chi connectivity index (χ2v) is 6.73. The van der Waals surface area contributed by atoms with Crippen molar-refractivity contribution in [3.8, 4) is 0 Å². The Kier molecular flexibility index (Phi) is 3.77. The predicted octanol–water partition coefficient (Wildman–Crippen LogP) is 3.02. The van der Waals surface area contributed by atoms with Crippen LogP contribution in [0.5, 0.6) is 0 Å². The molecule has 0 saturated carbocycles. The lowest BCUT2D eigenvalue weighted by molar-refractivity contribution is 0.175. The molecule has 0 unspecified atom stereocenters. The zero-order valence-corrected chi connectivity index (χ0v) is 12.2. The van der Waals surface area contributed by atoms with Crippen LogP contribution in [0, 0.1) is 0 Å². The van der Waals surface area contributed by atoms with Crippen molar-refractivity contribution in [3.63, 3.8) is 0 Å². The average molecular weight is 297 g/mol. The molecule has 0 atom stereocenters. The lowest BCUT2D eigenvalue weighted by Gasteiger charge is -2.31. The molecule has 3 rings (SSSR count). The van der Waals surface area contributed by atoms with Crippen LogP contribution in [0.2, 0.25) is 4.34 Å². The Bertz CT molecular complexity index is 542. The van der Waals surface area contributed by atoms with Gasteiger partial charge in [-0.2, -0.15) is 5.10 Å². The summed E-state index contributed by atoms with van der Waals surface area (Å²) in [4.78, 5) is 3.82. The van der Waals surface area contributed by atoms with Crippen LogP contribution in [0.3, 0.4) is 0 Å². The third-order valence-corrected chi connectivity index (χ3v) is 4.78. The zero-order chi connectivity index (χ0) is 13.2. The van der Waals surface area contributed by atoms with Crippen molar-refractivity contribution in [1.29, 1.82) is 0 Å². The number of halogens is 1. The van der Waals surface area contributed by atoms with Gasteiger partial charge in [-0.25, -0.2) is 0 Å². The molecule has 1 saturated heterocycles. The van der Waals surface area contributed by atoms with Crippen LogP contribution in [-0.2, 0) is 6.54 Å². The quantitative estimate of drug-likeness (QED) is 0.947. The summed E-state index contributed by atoms with van der Waals surface area (Å²) in [5.74, 6) is 0.607. The SMILES string of the molecule is Nc1ccn(C2CCN(Cc3ccc(Cl)s3)CC2)n1. The molecule has 19 heavy (non-hydrogen) atoms. The Morgan fingerprint density at radius 3 is 2.68 bits per heavy atom. The lowest BCUT2D eigenvalue weighted by atomic mass is 10.1. The molecule has 1 fully saturated rings. The molecule has 2 N–H and O–H groups in total. The summed E-state index contributed by atoms with van der Waals surface area (Å²) < 4.78 is 2.88. The number of anilines is 1. The molecule has 0 amide bonds. The number of likely N-dealkylation sites (tertiary alicyclic amines) is 1. The van der Waals surface area contributed by atoms with Crippen molar-refractivity contribution in [2.75, 3.05) is 18.8 Å². The van der Waals surface area contributed by atoms with Gasteiger partial charge in [0.1, 0.15) is 5.82 Å². The first-order valence-electron chi connectivity index (χ1n) is 6.48. The Labute approximate surface area is 121 Å². The van der Waals surface area contributed by atoms with Gasteiger partial charge in [0.15, 0.2) is 0 Å². The van der Waals surface area contributed by atoms with Gasteiger partial charge in [0, 0.05) is 30.7 Å². The second-order valence-electron chi connectivity index (χ2n) is 4.93. The van der Waals surface area contributed by atoms with Crippen LogP contribution >= 0.6 is 22.9 Å². The average Bonchev–Trinajstić information content (AvgIpc) is 3.00. The number of nitrogens with zero attached hydrogens (tertiary/aromatic N) is 3. The molecule has 2 aromatic heterocycles. The molecule has 1 aliphatic heterocycles. The van der Waals surface area contributed by atoms with Crippen molar-refractivity contribution in [3.05, 3.63) is 33.6 Å². The van der Waals surface area contributed by atoms with Crippen LogP contribution in [0.15, 0.2) is 24.4 Å². The van der Waals surface area contributed by atoms with E-state index in [4.69, 9.17) is 17.3 Å². The smallest absolute Gasteiger partial charge is 0.145 e. The maximum Gasteiger partial charge on any atom is 0.145 e. The van der Waals surface area contributed by atoms with Crippen molar-refractivity contribution in [2.24, 2.45) is 0 Å². The molecule has 0 spiro atoms. The van der Waals surface area contributed by atoms with E-state index < -0.39 is 0 Å². The molecule has 6 heteroatoms. The molecular weight excluding hydrogens is 280 g/mol. The standard InChI is InChI=1S/C13H17ClN4S/c14-12-2-1-11(19-12)9-17-6-3-10(4-7-17)18-8-5-13(15)16-18/h1-2,5,8,10H,3-4,6-7,9H2,(H2,15,16). The van der Waals surface area contributed by atoms with Gasteiger partial charge in [-0.3, -0.25) is 9.58 Å². The number of nitrogens with two attached hydrogens (primary N) is 1. The van der Waals surface area contributed by atoms with Gasteiger partial charge in [0.2, 0.25) is 0 Å². The number of piperidine rings is 1. The molecule has 0 aliphatic carbocycles. The molecule has 0 aromatic carbocycles. The van der Waals surface area contributed by atoms with Crippen molar-refractivity contribution in [1.82, 2.24) is 14.7 Å². The summed E-state index contributed by atoms with van der Waals surface area (Å²) in [5.41, 5.74) is 5.66. The maximum atomic E-state index is 5.96. The highest BCUT2D eigenvalue weighted by molar-refractivity contribution is 7.16.